The number of aromatic nitrogens is 2. The second-order valence-corrected chi connectivity index (χ2v) is 5.97. The van der Waals surface area contributed by atoms with E-state index in [0.717, 1.165) is 31.7 Å². The fourth-order valence-corrected chi connectivity index (χ4v) is 1.86. The van der Waals surface area contributed by atoms with E-state index in [4.69, 9.17) is 11.6 Å². The van der Waals surface area contributed by atoms with Crippen molar-refractivity contribution in [2.75, 3.05) is 29.1 Å². The van der Waals surface area contributed by atoms with E-state index in [1.165, 1.54) is 0 Å². The molecule has 5 N–H and O–H groups in total. The van der Waals surface area contributed by atoms with Crippen LogP contribution in [0.3, 0.4) is 0 Å². The zero-order valence-corrected chi connectivity index (χ0v) is 13.1. The summed E-state index contributed by atoms with van der Waals surface area (Å²) in [6.45, 7) is 10.8. The lowest BCUT2D eigenvalue weighted by Crippen LogP contribution is -2.29. The molecule has 20 heavy (non-hydrogen) atoms. The van der Waals surface area contributed by atoms with Gasteiger partial charge in [0.25, 0.3) is 0 Å². The maximum atomic E-state index is 5.74. The molecule has 0 amide bonds. The maximum absolute atomic E-state index is 5.74. The molecule has 0 unspecified atom stereocenters. The minimum atomic E-state index is 0.245. The molecular weight excluding hydrogens is 252 g/mol. The van der Waals surface area contributed by atoms with Gasteiger partial charge in [0, 0.05) is 19.2 Å². The van der Waals surface area contributed by atoms with Crippen LogP contribution >= 0.6 is 0 Å². The Morgan fingerprint density at radius 2 is 1.65 bits per heavy atom. The van der Waals surface area contributed by atoms with Crippen LogP contribution in [0.5, 0.6) is 0 Å². The zero-order chi connectivity index (χ0) is 15.1. The Balaban J connectivity index is 2.86. The largest absolute Gasteiger partial charge is 0.368 e. The van der Waals surface area contributed by atoms with Crippen LogP contribution in [0.15, 0.2) is 6.07 Å². The summed E-state index contributed by atoms with van der Waals surface area (Å²) in [5.74, 6) is 8.36. The minimum absolute atomic E-state index is 0.245. The van der Waals surface area contributed by atoms with E-state index < -0.39 is 0 Å². The Bertz CT molecular complexity index is 393. The molecule has 0 spiro atoms. The smallest absolute Gasteiger partial charge is 0.223 e. The molecule has 1 aromatic heterocycles. The molecule has 0 aromatic carbocycles. The van der Waals surface area contributed by atoms with E-state index in [1.807, 2.05) is 6.07 Å². The summed E-state index contributed by atoms with van der Waals surface area (Å²) in [5.41, 5.74) is 8.28. The highest BCUT2D eigenvalue weighted by molar-refractivity contribution is 5.52. The van der Waals surface area contributed by atoms with Crippen molar-refractivity contribution < 1.29 is 0 Å². The average Bonchev–Trinajstić information content (AvgIpc) is 2.37. The van der Waals surface area contributed by atoms with Crippen LogP contribution in [0.2, 0.25) is 0 Å². The molecule has 0 saturated heterocycles. The van der Waals surface area contributed by atoms with Crippen molar-refractivity contribution in [1.29, 1.82) is 0 Å². The Hall–Kier alpha value is -1.56. The standard InChI is InChI=1S/C14H28N6/c1-10(2)5-7-20(8-6-11(3)4)13-9-12(19-16)17-14(15)18-13/h9-11H,5-8,16H2,1-4H3,(H3,15,17,18,19). The molecular formula is C14H28N6. The Labute approximate surface area is 121 Å². The average molecular weight is 280 g/mol. The van der Waals surface area contributed by atoms with E-state index >= 15 is 0 Å². The van der Waals surface area contributed by atoms with Crippen molar-refractivity contribution in [3.8, 4) is 0 Å². The molecule has 0 aliphatic rings. The highest BCUT2D eigenvalue weighted by atomic mass is 15.3. The lowest BCUT2D eigenvalue weighted by molar-refractivity contribution is 0.533. The molecule has 0 aliphatic carbocycles. The molecule has 6 heteroatoms. The lowest BCUT2D eigenvalue weighted by atomic mass is 10.1. The van der Waals surface area contributed by atoms with E-state index in [9.17, 15) is 0 Å². The third kappa shape index (κ3) is 5.61. The molecule has 1 aromatic rings. The molecule has 0 bridgehead atoms. The highest BCUT2D eigenvalue weighted by Gasteiger charge is 2.12. The van der Waals surface area contributed by atoms with Gasteiger partial charge in [-0.05, 0) is 24.7 Å². The molecule has 0 radical (unpaired) electrons. The van der Waals surface area contributed by atoms with Crippen LogP contribution in [0.25, 0.3) is 0 Å². The second-order valence-electron chi connectivity index (χ2n) is 5.97. The van der Waals surface area contributed by atoms with E-state index in [0.29, 0.717) is 17.7 Å². The van der Waals surface area contributed by atoms with Crippen LogP contribution in [0.1, 0.15) is 40.5 Å². The quantitative estimate of drug-likeness (QED) is 0.499. The number of nitrogens with two attached hydrogens (primary N) is 2. The number of hydrogen-bond acceptors (Lipinski definition) is 6. The Morgan fingerprint density at radius 3 is 2.10 bits per heavy atom. The predicted molar refractivity (Wildman–Crippen MR) is 85.4 cm³/mol. The van der Waals surface area contributed by atoms with Gasteiger partial charge >= 0.3 is 0 Å². The molecule has 114 valence electrons. The van der Waals surface area contributed by atoms with Crippen molar-refractivity contribution in [3.63, 3.8) is 0 Å². The minimum Gasteiger partial charge on any atom is -0.368 e. The van der Waals surface area contributed by atoms with Crippen LogP contribution in [0, 0.1) is 11.8 Å². The van der Waals surface area contributed by atoms with Gasteiger partial charge in [-0.2, -0.15) is 9.97 Å². The van der Waals surface area contributed by atoms with Crippen LogP contribution in [-0.4, -0.2) is 23.1 Å². The van der Waals surface area contributed by atoms with Gasteiger partial charge in [0.05, 0.1) is 0 Å². The number of nitrogen functional groups attached to an aromatic ring is 2. The third-order valence-corrected chi connectivity index (χ3v) is 3.15. The van der Waals surface area contributed by atoms with Crippen molar-refractivity contribution >= 4 is 17.6 Å². The Kier molecular flexibility index (Phi) is 6.51. The van der Waals surface area contributed by atoms with Gasteiger partial charge in [-0.15, -0.1) is 0 Å². The number of nitrogens with one attached hydrogen (secondary N) is 1. The van der Waals surface area contributed by atoms with Crippen molar-refractivity contribution in [2.45, 2.75) is 40.5 Å². The molecule has 1 rings (SSSR count). The predicted octanol–water partition coefficient (Wildman–Crippen LogP) is 2.24. The monoisotopic (exact) mass is 280 g/mol. The van der Waals surface area contributed by atoms with Gasteiger partial charge in [-0.1, -0.05) is 27.7 Å². The SMILES string of the molecule is CC(C)CCN(CCC(C)C)c1cc(NN)nc(N)n1. The molecule has 0 saturated carbocycles. The maximum Gasteiger partial charge on any atom is 0.223 e. The molecule has 0 aliphatic heterocycles. The third-order valence-electron chi connectivity index (χ3n) is 3.15. The van der Waals surface area contributed by atoms with Crippen molar-refractivity contribution in [2.24, 2.45) is 17.7 Å². The number of nitrogens with zero attached hydrogens (tertiary/aromatic N) is 3. The highest BCUT2D eigenvalue weighted by Crippen LogP contribution is 2.19. The summed E-state index contributed by atoms with van der Waals surface area (Å²) in [6.07, 6.45) is 2.24. The summed E-state index contributed by atoms with van der Waals surface area (Å²) < 4.78 is 0. The van der Waals surface area contributed by atoms with Crippen LogP contribution in [-0.2, 0) is 0 Å². The first-order valence-electron chi connectivity index (χ1n) is 7.28. The fourth-order valence-electron chi connectivity index (χ4n) is 1.86. The van der Waals surface area contributed by atoms with Crippen molar-refractivity contribution in [3.05, 3.63) is 6.07 Å². The summed E-state index contributed by atoms with van der Waals surface area (Å²) in [4.78, 5) is 10.6. The first-order valence-corrected chi connectivity index (χ1v) is 7.28. The number of anilines is 3. The van der Waals surface area contributed by atoms with Crippen molar-refractivity contribution in [1.82, 2.24) is 9.97 Å². The number of rotatable bonds is 8. The van der Waals surface area contributed by atoms with Gasteiger partial charge in [0.15, 0.2) is 0 Å². The zero-order valence-electron chi connectivity index (χ0n) is 13.1. The molecule has 1 heterocycles. The van der Waals surface area contributed by atoms with Gasteiger partial charge in [-0.25, -0.2) is 5.84 Å². The van der Waals surface area contributed by atoms with E-state index in [-0.39, 0.29) is 5.95 Å². The first kappa shape index (κ1) is 16.5. The topological polar surface area (TPSA) is 93.1 Å². The number of hydrogen-bond donors (Lipinski definition) is 3. The number of hydrazine groups is 1. The van der Waals surface area contributed by atoms with Gasteiger partial charge in [0.2, 0.25) is 5.95 Å². The van der Waals surface area contributed by atoms with E-state index in [2.05, 4.69) is 48.0 Å². The summed E-state index contributed by atoms with van der Waals surface area (Å²) >= 11 is 0. The fraction of sp³-hybridized carbons (Fsp3) is 0.714. The Morgan fingerprint density at radius 1 is 1.10 bits per heavy atom. The van der Waals surface area contributed by atoms with Crippen LogP contribution in [0.4, 0.5) is 17.6 Å². The van der Waals surface area contributed by atoms with Gasteiger partial charge in [0.1, 0.15) is 11.6 Å². The molecule has 0 atom stereocenters. The van der Waals surface area contributed by atoms with Gasteiger partial charge < -0.3 is 16.1 Å². The van der Waals surface area contributed by atoms with Crippen LogP contribution < -0.4 is 21.9 Å². The summed E-state index contributed by atoms with van der Waals surface area (Å²) in [5, 5.41) is 0. The molecule has 6 nitrogen and oxygen atoms in total. The first-order chi connectivity index (χ1) is 9.42. The van der Waals surface area contributed by atoms with E-state index in [1.54, 1.807) is 0 Å². The molecule has 0 fully saturated rings. The summed E-state index contributed by atoms with van der Waals surface area (Å²) in [6, 6.07) is 1.84. The summed E-state index contributed by atoms with van der Waals surface area (Å²) in [7, 11) is 0. The normalized spacial score (nSPS) is 11.2. The van der Waals surface area contributed by atoms with Gasteiger partial charge in [-0.3, -0.25) is 0 Å². The lowest BCUT2D eigenvalue weighted by Gasteiger charge is -2.26. The second kappa shape index (κ2) is 7.89.